The maximum Gasteiger partial charge on any atom is 0.0598 e. The van der Waals surface area contributed by atoms with Gasteiger partial charge in [-0.05, 0) is 86.5 Å². The Bertz CT molecular complexity index is 598. The number of thiol groups is 1. The van der Waals surface area contributed by atoms with Gasteiger partial charge < -0.3 is 5.41 Å². The third-order valence-corrected chi connectivity index (χ3v) is 5.33. The summed E-state index contributed by atoms with van der Waals surface area (Å²) in [7, 11) is 0. The summed E-state index contributed by atoms with van der Waals surface area (Å²) in [5.41, 5.74) is 6.45. The first-order valence-electron chi connectivity index (χ1n) is 9.53. The molecule has 138 valence electrons. The van der Waals surface area contributed by atoms with Crippen LogP contribution in [0.4, 0.5) is 0 Å². The molecule has 0 atom stereocenters. The first-order valence-corrected chi connectivity index (χ1v) is 10.0. The van der Waals surface area contributed by atoms with Crippen LogP contribution in [0.2, 0.25) is 0 Å². The summed E-state index contributed by atoms with van der Waals surface area (Å²) in [6.45, 7) is 12.7. The van der Waals surface area contributed by atoms with Crippen LogP contribution in [-0.2, 0) is 0 Å². The highest BCUT2D eigenvalue weighted by Crippen LogP contribution is 2.33. The number of unbranched alkanes of at least 4 members (excludes halogenated alkanes) is 1. The van der Waals surface area contributed by atoms with Crippen molar-refractivity contribution in [2.45, 2.75) is 72.6 Å². The maximum atomic E-state index is 8.43. The molecule has 0 aromatic carbocycles. The highest BCUT2D eigenvalue weighted by Gasteiger charge is 2.18. The van der Waals surface area contributed by atoms with Crippen LogP contribution in [0.3, 0.4) is 0 Å². The number of allylic oxidation sites excluding steroid dienone is 8. The zero-order valence-corrected chi connectivity index (χ0v) is 17.4. The lowest BCUT2D eigenvalue weighted by Crippen LogP contribution is -2.12. The van der Waals surface area contributed by atoms with Crippen molar-refractivity contribution in [2.75, 3.05) is 0 Å². The highest BCUT2D eigenvalue weighted by molar-refractivity contribution is 7.83. The summed E-state index contributed by atoms with van der Waals surface area (Å²) in [5.74, 6) is 0.776. The van der Waals surface area contributed by atoms with Crippen molar-refractivity contribution in [3.8, 4) is 0 Å². The summed E-state index contributed by atoms with van der Waals surface area (Å²) < 4.78 is 0. The van der Waals surface area contributed by atoms with E-state index in [4.69, 9.17) is 5.41 Å². The van der Waals surface area contributed by atoms with E-state index in [1.807, 2.05) is 6.92 Å². The van der Waals surface area contributed by atoms with Crippen LogP contribution in [0.15, 0.2) is 58.1 Å². The van der Waals surface area contributed by atoms with Crippen LogP contribution in [-0.4, -0.2) is 5.71 Å². The zero-order valence-electron chi connectivity index (χ0n) is 16.5. The molecule has 0 aromatic rings. The lowest BCUT2D eigenvalue weighted by Gasteiger charge is -2.26. The second-order valence-corrected chi connectivity index (χ2v) is 7.51. The van der Waals surface area contributed by atoms with Crippen LogP contribution >= 0.6 is 12.6 Å². The molecule has 0 aromatic heterocycles. The lowest BCUT2D eigenvalue weighted by molar-refractivity contribution is 0.367. The van der Waals surface area contributed by atoms with Crippen molar-refractivity contribution in [3.05, 3.63) is 58.1 Å². The van der Waals surface area contributed by atoms with E-state index in [0.717, 1.165) is 29.9 Å². The molecule has 1 fully saturated rings. The Morgan fingerprint density at radius 1 is 1.24 bits per heavy atom. The topological polar surface area (TPSA) is 23.9 Å². The molecule has 1 aliphatic carbocycles. The molecular weight excluding hydrogens is 322 g/mol. The first kappa shape index (κ1) is 21.8. The molecule has 0 spiro atoms. The molecule has 2 heteroatoms. The molecule has 1 rings (SSSR count). The Hall–Kier alpha value is -1.28. The Morgan fingerprint density at radius 2 is 1.92 bits per heavy atom. The molecule has 1 aliphatic rings. The predicted molar refractivity (Wildman–Crippen MR) is 117 cm³/mol. The Morgan fingerprint density at radius 3 is 2.44 bits per heavy atom. The minimum absolute atomic E-state index is 0.571. The van der Waals surface area contributed by atoms with Gasteiger partial charge in [0.2, 0.25) is 0 Å². The van der Waals surface area contributed by atoms with E-state index in [1.54, 1.807) is 5.41 Å². The van der Waals surface area contributed by atoms with Gasteiger partial charge in [-0.2, -0.15) is 12.6 Å². The molecule has 0 bridgehead atoms. The van der Waals surface area contributed by atoms with Crippen molar-refractivity contribution >= 4 is 18.3 Å². The Kier molecular flexibility index (Phi) is 9.89. The second-order valence-electron chi connectivity index (χ2n) is 7.21. The third-order valence-electron chi connectivity index (χ3n) is 5.18. The van der Waals surface area contributed by atoms with Crippen molar-refractivity contribution in [2.24, 2.45) is 5.92 Å². The molecule has 0 saturated heterocycles. The first-order chi connectivity index (χ1) is 11.9. The average molecular weight is 358 g/mol. The van der Waals surface area contributed by atoms with Gasteiger partial charge in [-0.3, -0.25) is 0 Å². The summed E-state index contributed by atoms with van der Waals surface area (Å²) in [5, 5.41) is 10.2. The van der Waals surface area contributed by atoms with Crippen molar-refractivity contribution in [1.29, 1.82) is 5.41 Å². The van der Waals surface area contributed by atoms with E-state index in [-0.39, 0.29) is 0 Å². The standard InChI is InChI=1S/C23H35NS/c1-6-7-9-22(14-15-25)19(4)16-20(5)23(24)18(3)13-12-17(2)21-10-8-11-21/h12,14-16,21,24-25H,3,6-11,13H2,1-2,4-5H3/b15-14-,17-12+,20-16+,22-19+,24-23?. The SMILES string of the molecule is C=C(C/C=C(\C)C1CCC1)C(=N)/C(C)=C/C(C)=C(/C=C\S)CCCC. The van der Waals surface area contributed by atoms with Crippen LogP contribution in [0.1, 0.15) is 72.6 Å². The van der Waals surface area contributed by atoms with E-state index in [0.29, 0.717) is 5.71 Å². The molecule has 1 saturated carbocycles. The normalized spacial score (nSPS) is 17.5. The molecule has 0 radical (unpaired) electrons. The fraction of sp³-hybridized carbons (Fsp3) is 0.522. The lowest BCUT2D eigenvalue weighted by atomic mass is 9.80. The Labute approximate surface area is 160 Å². The summed E-state index contributed by atoms with van der Waals surface area (Å²) >= 11 is 4.22. The fourth-order valence-corrected chi connectivity index (χ4v) is 3.23. The molecule has 0 aliphatic heterocycles. The number of rotatable bonds is 10. The molecule has 25 heavy (non-hydrogen) atoms. The molecule has 0 unspecified atom stereocenters. The van der Waals surface area contributed by atoms with Crippen LogP contribution in [0.5, 0.6) is 0 Å². The van der Waals surface area contributed by atoms with Gasteiger partial charge in [0.25, 0.3) is 0 Å². The van der Waals surface area contributed by atoms with E-state index in [2.05, 4.69) is 58.2 Å². The molecule has 1 nitrogen and oxygen atoms in total. The van der Waals surface area contributed by atoms with Gasteiger partial charge >= 0.3 is 0 Å². The van der Waals surface area contributed by atoms with E-state index >= 15 is 0 Å². The second kappa shape index (κ2) is 11.4. The van der Waals surface area contributed by atoms with Crippen LogP contribution in [0, 0.1) is 11.3 Å². The summed E-state index contributed by atoms with van der Waals surface area (Å²) in [4.78, 5) is 0. The van der Waals surface area contributed by atoms with E-state index in [1.165, 1.54) is 48.8 Å². The van der Waals surface area contributed by atoms with Crippen molar-refractivity contribution in [1.82, 2.24) is 0 Å². The average Bonchev–Trinajstić information content (AvgIpc) is 2.53. The Balaban J connectivity index is 2.77. The summed E-state index contributed by atoms with van der Waals surface area (Å²) in [6, 6.07) is 0. The minimum atomic E-state index is 0.571. The maximum absolute atomic E-state index is 8.43. The molecule has 0 amide bonds. The smallest absolute Gasteiger partial charge is 0.0598 e. The van der Waals surface area contributed by atoms with Crippen LogP contribution < -0.4 is 0 Å². The fourth-order valence-electron chi connectivity index (χ4n) is 3.05. The van der Waals surface area contributed by atoms with Gasteiger partial charge in [-0.25, -0.2) is 0 Å². The van der Waals surface area contributed by atoms with Gasteiger partial charge in [0.15, 0.2) is 0 Å². The predicted octanol–water partition coefficient (Wildman–Crippen LogP) is 7.60. The van der Waals surface area contributed by atoms with Crippen molar-refractivity contribution in [3.63, 3.8) is 0 Å². The van der Waals surface area contributed by atoms with Gasteiger partial charge in [0.05, 0.1) is 5.71 Å². The van der Waals surface area contributed by atoms with Gasteiger partial charge in [0, 0.05) is 0 Å². The quantitative estimate of drug-likeness (QED) is 0.174. The van der Waals surface area contributed by atoms with Gasteiger partial charge in [-0.1, -0.05) is 50.1 Å². The largest absolute Gasteiger partial charge is 0.300 e. The minimum Gasteiger partial charge on any atom is -0.300 e. The third kappa shape index (κ3) is 7.23. The van der Waals surface area contributed by atoms with Gasteiger partial charge in [0.1, 0.15) is 0 Å². The number of nitrogens with one attached hydrogen (secondary N) is 1. The summed E-state index contributed by atoms with van der Waals surface area (Å²) in [6.07, 6.45) is 14.7. The molecule has 1 N–H and O–H groups in total. The van der Waals surface area contributed by atoms with Crippen LogP contribution in [0.25, 0.3) is 0 Å². The van der Waals surface area contributed by atoms with E-state index in [9.17, 15) is 0 Å². The number of hydrogen-bond donors (Lipinski definition) is 2. The highest BCUT2D eigenvalue weighted by atomic mass is 32.1. The molecule has 0 heterocycles. The number of hydrogen-bond acceptors (Lipinski definition) is 2. The molecular formula is C23H35NS. The van der Waals surface area contributed by atoms with E-state index < -0.39 is 0 Å². The monoisotopic (exact) mass is 357 g/mol. The zero-order chi connectivity index (χ0) is 18.8. The van der Waals surface area contributed by atoms with Gasteiger partial charge in [-0.15, -0.1) is 0 Å². The van der Waals surface area contributed by atoms with Crippen molar-refractivity contribution < 1.29 is 0 Å².